The second-order valence-corrected chi connectivity index (χ2v) is 6.18. The van der Waals surface area contributed by atoms with Crippen LogP contribution in [0.5, 0.6) is 0 Å². The molecule has 0 radical (unpaired) electrons. The number of nitrogens with two attached hydrogens (primary N) is 1. The molecule has 1 aromatic rings. The molecule has 1 aromatic carbocycles. The van der Waals surface area contributed by atoms with E-state index in [0.29, 0.717) is 0 Å². The van der Waals surface area contributed by atoms with Crippen LogP contribution in [-0.4, -0.2) is 44.7 Å². The Bertz CT molecular complexity index is 426. The molecule has 3 heteroatoms. The third kappa shape index (κ3) is 2.37. The molecule has 0 bridgehead atoms. The van der Waals surface area contributed by atoms with Crippen molar-refractivity contribution in [2.75, 3.05) is 44.7 Å². The van der Waals surface area contributed by atoms with E-state index in [9.17, 15) is 0 Å². The van der Waals surface area contributed by atoms with Crippen molar-refractivity contribution in [2.45, 2.75) is 24.7 Å². The zero-order valence-electron chi connectivity index (χ0n) is 11.9. The molecule has 104 valence electrons. The van der Waals surface area contributed by atoms with E-state index in [1.165, 1.54) is 30.5 Å². The first-order valence-corrected chi connectivity index (χ1v) is 7.48. The second-order valence-electron chi connectivity index (χ2n) is 6.18. The van der Waals surface area contributed by atoms with Gasteiger partial charge in [-0.2, -0.15) is 0 Å². The lowest BCUT2D eigenvalue weighted by Gasteiger charge is -2.42. The fraction of sp³-hybridized carbons (Fsp3) is 0.625. The molecule has 2 N–H and O–H groups in total. The lowest BCUT2D eigenvalue weighted by Crippen LogP contribution is -2.45. The quantitative estimate of drug-likeness (QED) is 0.898. The summed E-state index contributed by atoms with van der Waals surface area (Å²) in [6, 6.07) is 9.11. The number of likely N-dealkylation sites (N-methyl/N-ethyl adjacent to an activating group) is 1. The van der Waals surface area contributed by atoms with Crippen LogP contribution in [0.4, 0.5) is 5.69 Å². The van der Waals surface area contributed by atoms with Gasteiger partial charge in [-0.25, -0.2) is 0 Å². The van der Waals surface area contributed by atoms with Crippen molar-refractivity contribution in [1.29, 1.82) is 0 Å². The molecule has 1 aliphatic heterocycles. The van der Waals surface area contributed by atoms with E-state index in [0.717, 1.165) is 32.7 Å². The molecule has 0 spiro atoms. The summed E-state index contributed by atoms with van der Waals surface area (Å²) in [5, 5.41) is 0. The second kappa shape index (κ2) is 5.14. The maximum Gasteiger partial charge on any atom is 0.0370 e. The lowest BCUT2D eigenvalue weighted by molar-refractivity contribution is 0.253. The highest BCUT2D eigenvalue weighted by molar-refractivity contribution is 5.51. The number of anilines is 1. The summed E-state index contributed by atoms with van der Waals surface area (Å²) < 4.78 is 0. The molecule has 3 nitrogen and oxygen atoms in total. The van der Waals surface area contributed by atoms with Crippen LogP contribution in [0.15, 0.2) is 24.3 Å². The van der Waals surface area contributed by atoms with Crippen LogP contribution in [0.2, 0.25) is 0 Å². The standard InChI is InChI=1S/C16H25N3/c1-18-8-10-19(11-9-18)15-5-2-4-14(12-15)16(13-17)6-3-7-16/h2,4-5,12H,3,6-11,13,17H2,1H3. The highest BCUT2D eigenvalue weighted by Crippen LogP contribution is 2.43. The highest BCUT2D eigenvalue weighted by atomic mass is 15.2. The molecule has 0 amide bonds. The van der Waals surface area contributed by atoms with E-state index in [1.54, 1.807) is 0 Å². The fourth-order valence-corrected chi connectivity index (χ4v) is 3.31. The summed E-state index contributed by atoms with van der Waals surface area (Å²) >= 11 is 0. The van der Waals surface area contributed by atoms with Gasteiger partial charge in [0, 0.05) is 43.8 Å². The Kier molecular flexibility index (Phi) is 3.50. The maximum atomic E-state index is 6.03. The topological polar surface area (TPSA) is 32.5 Å². The van der Waals surface area contributed by atoms with Gasteiger partial charge in [-0.3, -0.25) is 0 Å². The molecule has 0 aromatic heterocycles. The molecule has 2 fully saturated rings. The first kappa shape index (κ1) is 12.9. The number of rotatable bonds is 3. The smallest absolute Gasteiger partial charge is 0.0370 e. The third-order valence-electron chi connectivity index (χ3n) is 5.03. The van der Waals surface area contributed by atoms with Gasteiger partial charge in [0.05, 0.1) is 0 Å². The summed E-state index contributed by atoms with van der Waals surface area (Å²) in [5.41, 5.74) is 9.14. The predicted molar refractivity (Wildman–Crippen MR) is 80.7 cm³/mol. The number of piperazine rings is 1. The van der Waals surface area contributed by atoms with Gasteiger partial charge in [0.2, 0.25) is 0 Å². The Morgan fingerprint density at radius 2 is 1.89 bits per heavy atom. The zero-order chi connectivity index (χ0) is 13.3. The molecular weight excluding hydrogens is 234 g/mol. The predicted octanol–water partition coefficient (Wildman–Crippen LogP) is 1.82. The lowest BCUT2D eigenvalue weighted by atomic mass is 9.64. The van der Waals surface area contributed by atoms with Gasteiger partial charge in [-0.1, -0.05) is 18.6 Å². The Morgan fingerprint density at radius 1 is 1.16 bits per heavy atom. The minimum atomic E-state index is 0.280. The molecule has 0 atom stereocenters. The molecule has 3 rings (SSSR count). The largest absolute Gasteiger partial charge is 0.369 e. The van der Waals surface area contributed by atoms with E-state index in [-0.39, 0.29) is 5.41 Å². The van der Waals surface area contributed by atoms with E-state index >= 15 is 0 Å². The molecular formula is C16H25N3. The molecule has 1 saturated heterocycles. The van der Waals surface area contributed by atoms with Gasteiger partial charge in [0.15, 0.2) is 0 Å². The van der Waals surface area contributed by atoms with Crippen LogP contribution in [-0.2, 0) is 5.41 Å². The Morgan fingerprint density at radius 3 is 2.47 bits per heavy atom. The molecule has 0 unspecified atom stereocenters. The monoisotopic (exact) mass is 259 g/mol. The van der Waals surface area contributed by atoms with Crippen molar-refractivity contribution in [2.24, 2.45) is 5.73 Å². The first-order valence-electron chi connectivity index (χ1n) is 7.48. The van der Waals surface area contributed by atoms with Crippen LogP contribution < -0.4 is 10.6 Å². The van der Waals surface area contributed by atoms with E-state index in [1.807, 2.05) is 0 Å². The van der Waals surface area contributed by atoms with E-state index < -0.39 is 0 Å². The van der Waals surface area contributed by atoms with Crippen LogP contribution >= 0.6 is 0 Å². The van der Waals surface area contributed by atoms with Crippen LogP contribution in [0.1, 0.15) is 24.8 Å². The van der Waals surface area contributed by atoms with Crippen LogP contribution in [0.25, 0.3) is 0 Å². The van der Waals surface area contributed by atoms with Crippen molar-refractivity contribution in [3.05, 3.63) is 29.8 Å². The van der Waals surface area contributed by atoms with Gasteiger partial charge in [0.25, 0.3) is 0 Å². The average molecular weight is 259 g/mol. The van der Waals surface area contributed by atoms with Crippen LogP contribution in [0.3, 0.4) is 0 Å². The minimum Gasteiger partial charge on any atom is -0.369 e. The van der Waals surface area contributed by atoms with Gasteiger partial charge in [0.1, 0.15) is 0 Å². The van der Waals surface area contributed by atoms with Gasteiger partial charge >= 0.3 is 0 Å². The Balaban J connectivity index is 1.80. The van der Waals surface area contributed by atoms with Gasteiger partial charge in [-0.05, 0) is 37.6 Å². The number of hydrogen-bond donors (Lipinski definition) is 1. The summed E-state index contributed by atoms with van der Waals surface area (Å²) in [6.45, 7) is 5.38. The Hall–Kier alpha value is -1.06. The maximum absolute atomic E-state index is 6.03. The van der Waals surface area contributed by atoms with E-state index in [2.05, 4.69) is 41.1 Å². The SMILES string of the molecule is CN1CCN(c2cccc(C3(CN)CCC3)c2)CC1. The molecule has 1 aliphatic carbocycles. The first-order chi connectivity index (χ1) is 9.23. The van der Waals surface area contributed by atoms with Gasteiger partial charge in [-0.15, -0.1) is 0 Å². The van der Waals surface area contributed by atoms with E-state index in [4.69, 9.17) is 5.73 Å². The van der Waals surface area contributed by atoms with Crippen molar-refractivity contribution < 1.29 is 0 Å². The van der Waals surface area contributed by atoms with Crippen molar-refractivity contribution in [3.63, 3.8) is 0 Å². The minimum absolute atomic E-state index is 0.280. The average Bonchev–Trinajstić information content (AvgIpc) is 2.39. The van der Waals surface area contributed by atoms with Crippen molar-refractivity contribution >= 4 is 5.69 Å². The summed E-state index contributed by atoms with van der Waals surface area (Å²) in [6.07, 6.45) is 3.85. The third-order valence-corrected chi connectivity index (χ3v) is 5.03. The normalized spacial score (nSPS) is 23.2. The Labute approximate surface area is 116 Å². The molecule has 1 saturated carbocycles. The zero-order valence-corrected chi connectivity index (χ0v) is 11.9. The van der Waals surface area contributed by atoms with Crippen LogP contribution in [0, 0.1) is 0 Å². The number of nitrogens with zero attached hydrogens (tertiary/aromatic N) is 2. The number of hydrogen-bond acceptors (Lipinski definition) is 3. The number of benzene rings is 1. The summed E-state index contributed by atoms with van der Waals surface area (Å²) in [4.78, 5) is 4.90. The van der Waals surface area contributed by atoms with Gasteiger partial charge < -0.3 is 15.5 Å². The highest BCUT2D eigenvalue weighted by Gasteiger charge is 2.37. The summed E-state index contributed by atoms with van der Waals surface area (Å²) in [5.74, 6) is 0. The molecule has 19 heavy (non-hydrogen) atoms. The summed E-state index contributed by atoms with van der Waals surface area (Å²) in [7, 11) is 2.20. The molecule has 1 heterocycles. The fourth-order valence-electron chi connectivity index (χ4n) is 3.31. The molecule has 2 aliphatic rings. The van der Waals surface area contributed by atoms with Crippen molar-refractivity contribution in [1.82, 2.24) is 4.90 Å². The van der Waals surface area contributed by atoms with Crippen molar-refractivity contribution in [3.8, 4) is 0 Å².